The van der Waals surface area contributed by atoms with Gasteiger partial charge in [0.25, 0.3) is 5.91 Å². The average molecular weight is 497 g/mol. The van der Waals surface area contributed by atoms with E-state index in [0.29, 0.717) is 17.9 Å². The predicted octanol–water partition coefficient (Wildman–Crippen LogP) is 2.25. The molecule has 3 N–H and O–H groups in total. The molecule has 0 spiro atoms. The molecule has 0 aliphatic heterocycles. The number of hydrogen-bond donors (Lipinski definition) is 3. The first-order valence-electron chi connectivity index (χ1n) is 10.9. The fourth-order valence-electron chi connectivity index (χ4n) is 3.36. The molecule has 1 aromatic heterocycles. The van der Waals surface area contributed by atoms with Crippen LogP contribution in [0.2, 0.25) is 0 Å². The Morgan fingerprint density at radius 2 is 1.79 bits per heavy atom. The molecule has 0 aliphatic rings. The van der Waals surface area contributed by atoms with Crippen LogP contribution in [0.15, 0.2) is 18.2 Å². The number of benzene rings is 1. The summed E-state index contributed by atoms with van der Waals surface area (Å²) in [6.07, 6.45) is 1.89. The molecule has 0 saturated carbocycles. The highest BCUT2D eigenvalue weighted by molar-refractivity contribution is 7.91. The number of aliphatic hydroxyl groups excluding tert-OH is 1. The minimum absolute atomic E-state index is 0.0209. The van der Waals surface area contributed by atoms with Gasteiger partial charge in [-0.15, -0.1) is 0 Å². The van der Waals surface area contributed by atoms with Crippen molar-refractivity contribution in [2.45, 2.75) is 45.6 Å². The average Bonchev–Trinajstić information content (AvgIpc) is 2.70. The lowest BCUT2D eigenvalue weighted by Crippen LogP contribution is -2.27. The highest BCUT2D eigenvalue weighted by Crippen LogP contribution is 2.23. The molecular formula is C22H33FN6O4S. The van der Waals surface area contributed by atoms with Gasteiger partial charge in [0.2, 0.25) is 21.9 Å². The number of sulfonamides is 1. The number of amides is 1. The van der Waals surface area contributed by atoms with Gasteiger partial charge in [0.05, 0.1) is 24.5 Å². The minimum Gasteiger partial charge on any atom is -0.394 e. The minimum atomic E-state index is -3.64. The SMILES string of the molecule is CC(C)C[C@H](CO)Nc1nc(CC(C)c2ccc(C(=O)N(C)C)c(F)c2)nc(NS(C)(=O)=O)n1. The molecule has 2 rings (SSSR count). The van der Waals surface area contributed by atoms with E-state index < -0.39 is 21.7 Å². The van der Waals surface area contributed by atoms with Crippen LogP contribution in [0.4, 0.5) is 16.3 Å². The van der Waals surface area contributed by atoms with Crippen molar-refractivity contribution in [1.82, 2.24) is 19.9 Å². The van der Waals surface area contributed by atoms with Crippen molar-refractivity contribution >= 4 is 27.8 Å². The summed E-state index contributed by atoms with van der Waals surface area (Å²) in [6, 6.07) is 4.10. The van der Waals surface area contributed by atoms with Gasteiger partial charge in [-0.05, 0) is 36.0 Å². The number of anilines is 2. The van der Waals surface area contributed by atoms with E-state index in [9.17, 15) is 22.7 Å². The molecule has 0 fully saturated rings. The number of rotatable bonds is 11. The summed E-state index contributed by atoms with van der Waals surface area (Å²) >= 11 is 0. The summed E-state index contributed by atoms with van der Waals surface area (Å²) in [5, 5.41) is 12.7. The van der Waals surface area contributed by atoms with E-state index in [4.69, 9.17) is 0 Å². The van der Waals surface area contributed by atoms with Gasteiger partial charge in [-0.1, -0.05) is 26.8 Å². The van der Waals surface area contributed by atoms with Gasteiger partial charge in [0.1, 0.15) is 11.6 Å². The van der Waals surface area contributed by atoms with E-state index in [1.807, 2.05) is 20.8 Å². The maximum atomic E-state index is 14.6. The number of hydrogen-bond acceptors (Lipinski definition) is 8. The van der Waals surface area contributed by atoms with Crippen molar-refractivity contribution in [3.8, 4) is 0 Å². The van der Waals surface area contributed by atoms with Crippen LogP contribution in [-0.4, -0.2) is 72.3 Å². The van der Waals surface area contributed by atoms with Crippen molar-refractivity contribution in [2.24, 2.45) is 5.92 Å². The summed E-state index contributed by atoms with van der Waals surface area (Å²) in [6.45, 7) is 5.72. The molecule has 1 aromatic carbocycles. The molecule has 0 aliphatic carbocycles. The first-order chi connectivity index (χ1) is 15.8. The molecule has 1 amide bonds. The molecule has 2 atom stereocenters. The Balaban J connectivity index is 2.33. The second-order valence-electron chi connectivity index (χ2n) is 8.97. The van der Waals surface area contributed by atoms with Crippen LogP contribution in [0.3, 0.4) is 0 Å². The smallest absolute Gasteiger partial charge is 0.256 e. The maximum Gasteiger partial charge on any atom is 0.256 e. The van der Waals surface area contributed by atoms with E-state index in [0.717, 1.165) is 6.26 Å². The van der Waals surface area contributed by atoms with Crippen LogP contribution in [-0.2, 0) is 16.4 Å². The maximum absolute atomic E-state index is 14.6. The predicted molar refractivity (Wildman–Crippen MR) is 129 cm³/mol. The van der Waals surface area contributed by atoms with Crippen molar-refractivity contribution in [3.05, 3.63) is 41.0 Å². The van der Waals surface area contributed by atoms with Gasteiger partial charge < -0.3 is 15.3 Å². The van der Waals surface area contributed by atoms with Crippen LogP contribution < -0.4 is 10.0 Å². The zero-order valence-electron chi connectivity index (χ0n) is 20.3. The van der Waals surface area contributed by atoms with E-state index in [1.165, 1.54) is 17.0 Å². The summed E-state index contributed by atoms with van der Waals surface area (Å²) in [5.41, 5.74) is 0.612. The lowest BCUT2D eigenvalue weighted by Gasteiger charge is -2.19. The summed E-state index contributed by atoms with van der Waals surface area (Å²) in [7, 11) is -0.534. The lowest BCUT2D eigenvalue weighted by molar-refractivity contribution is 0.0823. The van der Waals surface area contributed by atoms with Gasteiger partial charge in [0.15, 0.2) is 0 Å². The Bertz CT molecular complexity index is 1110. The zero-order chi connectivity index (χ0) is 25.6. The van der Waals surface area contributed by atoms with E-state index in [2.05, 4.69) is 25.0 Å². The monoisotopic (exact) mass is 496 g/mol. The van der Waals surface area contributed by atoms with Gasteiger partial charge in [-0.2, -0.15) is 15.0 Å². The van der Waals surface area contributed by atoms with Crippen molar-refractivity contribution < 1.29 is 22.7 Å². The molecule has 0 saturated heterocycles. The van der Waals surface area contributed by atoms with Crippen molar-refractivity contribution in [1.29, 1.82) is 0 Å². The normalized spacial score (nSPS) is 13.4. The molecule has 0 radical (unpaired) electrons. The number of halogens is 1. The molecule has 12 heteroatoms. The zero-order valence-corrected chi connectivity index (χ0v) is 21.1. The highest BCUT2D eigenvalue weighted by Gasteiger charge is 2.19. The van der Waals surface area contributed by atoms with Crippen molar-refractivity contribution in [3.63, 3.8) is 0 Å². The first kappa shape index (κ1) is 27.4. The van der Waals surface area contributed by atoms with E-state index in [-0.39, 0.29) is 48.3 Å². The van der Waals surface area contributed by atoms with Crippen LogP contribution >= 0.6 is 0 Å². The number of carbonyl (C=O) groups is 1. The number of nitrogens with zero attached hydrogens (tertiary/aromatic N) is 4. The number of aromatic nitrogens is 3. The number of aliphatic hydroxyl groups is 1. The number of carbonyl (C=O) groups excluding carboxylic acids is 1. The van der Waals surface area contributed by atoms with Crippen molar-refractivity contribution in [2.75, 3.05) is 37.0 Å². The third kappa shape index (κ3) is 8.17. The summed E-state index contributed by atoms with van der Waals surface area (Å²) < 4.78 is 40.3. The second-order valence-corrected chi connectivity index (χ2v) is 10.7. The molecule has 2 aromatic rings. The lowest BCUT2D eigenvalue weighted by atomic mass is 9.96. The van der Waals surface area contributed by atoms with Crippen LogP contribution in [0, 0.1) is 11.7 Å². The van der Waals surface area contributed by atoms with Gasteiger partial charge in [0, 0.05) is 20.5 Å². The van der Waals surface area contributed by atoms with Crippen LogP contribution in [0.5, 0.6) is 0 Å². The third-order valence-corrected chi connectivity index (χ3v) is 5.51. The Morgan fingerprint density at radius 3 is 2.32 bits per heavy atom. The van der Waals surface area contributed by atoms with Crippen LogP contribution in [0.1, 0.15) is 54.9 Å². The van der Waals surface area contributed by atoms with Gasteiger partial charge >= 0.3 is 0 Å². The van der Waals surface area contributed by atoms with E-state index in [1.54, 1.807) is 20.2 Å². The molecule has 188 valence electrons. The molecule has 1 unspecified atom stereocenters. The number of nitrogens with one attached hydrogen (secondary N) is 2. The topological polar surface area (TPSA) is 137 Å². The van der Waals surface area contributed by atoms with Gasteiger partial charge in [-0.25, -0.2) is 12.8 Å². The Hall–Kier alpha value is -2.86. The quantitative estimate of drug-likeness (QED) is 0.431. The second kappa shape index (κ2) is 11.5. The van der Waals surface area contributed by atoms with E-state index >= 15 is 0 Å². The van der Waals surface area contributed by atoms with Gasteiger partial charge in [-0.3, -0.25) is 9.52 Å². The standard InChI is InChI=1S/C22H33FN6O4S/c1-13(2)9-16(12-30)24-21-25-19(26-22(27-21)28-34(6,32)33)10-14(3)15-7-8-17(18(23)11-15)20(31)29(4)5/h7-8,11,13-14,16,30H,9-10,12H2,1-6H3,(H2,24,25,26,27,28)/t14?,16-/m1/s1. The molecular weight excluding hydrogens is 463 g/mol. The highest BCUT2D eigenvalue weighted by atomic mass is 32.2. The Kier molecular flexibility index (Phi) is 9.28. The molecule has 0 bridgehead atoms. The molecule has 10 nitrogen and oxygen atoms in total. The van der Waals surface area contributed by atoms with Crippen LogP contribution in [0.25, 0.3) is 0 Å². The Morgan fingerprint density at radius 1 is 1.15 bits per heavy atom. The first-order valence-corrected chi connectivity index (χ1v) is 12.8. The fourth-order valence-corrected chi connectivity index (χ4v) is 3.78. The Labute approximate surface area is 200 Å². The third-order valence-electron chi connectivity index (χ3n) is 4.96. The largest absolute Gasteiger partial charge is 0.394 e. The summed E-state index contributed by atoms with van der Waals surface area (Å²) in [5.74, 6) is -0.740. The molecule has 1 heterocycles. The fraction of sp³-hybridized carbons (Fsp3) is 0.545. The molecule has 34 heavy (non-hydrogen) atoms. The summed E-state index contributed by atoms with van der Waals surface area (Å²) in [4.78, 5) is 26.1.